The highest BCUT2D eigenvalue weighted by Crippen LogP contribution is 2.16. The Hall–Kier alpha value is -2.86. The number of ether oxygens (including phenoxy) is 1. The monoisotopic (exact) mass is 327 g/mol. The molecule has 0 aliphatic rings. The molecule has 0 spiro atoms. The fraction of sp³-hybridized carbons (Fsp3) is 0.222. The maximum atomic E-state index is 12.2. The summed E-state index contributed by atoms with van der Waals surface area (Å²) in [5, 5.41) is 5.52. The lowest BCUT2D eigenvalue weighted by Crippen LogP contribution is -2.28. The molecule has 0 unspecified atom stereocenters. The van der Waals surface area contributed by atoms with Gasteiger partial charge in [-0.15, -0.1) is 0 Å². The quantitative estimate of drug-likeness (QED) is 0.534. The first-order valence-corrected chi connectivity index (χ1v) is 7.60. The van der Waals surface area contributed by atoms with Gasteiger partial charge in [-0.25, -0.2) is 0 Å². The summed E-state index contributed by atoms with van der Waals surface area (Å²) in [4.78, 5) is 24.4. The molecule has 2 aromatic carbocycles. The number of hydrogen-bond donors (Lipinski definition) is 3. The summed E-state index contributed by atoms with van der Waals surface area (Å²) < 4.78 is 4.90. The molecule has 24 heavy (non-hydrogen) atoms. The van der Waals surface area contributed by atoms with Crippen LogP contribution in [-0.2, 0) is 16.0 Å². The first-order valence-electron chi connectivity index (χ1n) is 7.60. The van der Waals surface area contributed by atoms with E-state index in [1.165, 1.54) is 0 Å². The molecule has 0 saturated heterocycles. The third-order valence-corrected chi connectivity index (χ3v) is 3.38. The zero-order chi connectivity index (χ0) is 17.4. The third-order valence-electron chi connectivity index (χ3n) is 3.38. The molecule has 126 valence electrons. The van der Waals surface area contributed by atoms with Crippen LogP contribution in [0.25, 0.3) is 0 Å². The first kappa shape index (κ1) is 17.5. The van der Waals surface area contributed by atoms with Crippen molar-refractivity contribution in [1.29, 1.82) is 0 Å². The van der Waals surface area contributed by atoms with Gasteiger partial charge >= 0.3 is 0 Å². The molecule has 2 rings (SSSR count). The number of methoxy groups -OCH3 is 1. The Bertz CT molecular complexity index is 699. The van der Waals surface area contributed by atoms with E-state index in [4.69, 9.17) is 10.5 Å². The minimum Gasteiger partial charge on any atom is -0.399 e. The summed E-state index contributed by atoms with van der Waals surface area (Å²) in [6.07, 6.45) is 0.208. The van der Waals surface area contributed by atoms with Gasteiger partial charge in [0.05, 0.1) is 24.3 Å². The highest BCUT2D eigenvalue weighted by molar-refractivity contribution is 6.04. The van der Waals surface area contributed by atoms with Crippen LogP contribution in [0.5, 0.6) is 0 Å². The van der Waals surface area contributed by atoms with Crippen LogP contribution < -0.4 is 16.4 Å². The zero-order valence-electron chi connectivity index (χ0n) is 13.5. The summed E-state index contributed by atoms with van der Waals surface area (Å²) in [5.41, 5.74) is 8.03. The summed E-state index contributed by atoms with van der Waals surface area (Å²) >= 11 is 0. The average Bonchev–Trinajstić information content (AvgIpc) is 2.57. The van der Waals surface area contributed by atoms with Crippen LogP contribution in [0.4, 0.5) is 11.4 Å². The Morgan fingerprint density at radius 1 is 1.08 bits per heavy atom. The van der Waals surface area contributed by atoms with Gasteiger partial charge in [0.15, 0.2) is 0 Å². The van der Waals surface area contributed by atoms with Gasteiger partial charge in [0.25, 0.3) is 5.91 Å². The SMILES string of the molecule is COCCNC(=O)c1ccccc1NC(=O)Cc1ccc(N)cc1. The maximum absolute atomic E-state index is 12.2. The van der Waals surface area contributed by atoms with E-state index in [9.17, 15) is 9.59 Å². The molecule has 0 aliphatic heterocycles. The van der Waals surface area contributed by atoms with Crippen LogP contribution >= 0.6 is 0 Å². The molecule has 2 amide bonds. The molecule has 2 aromatic rings. The Kier molecular flexibility index (Phi) is 6.33. The lowest BCUT2D eigenvalue weighted by Gasteiger charge is -2.11. The number of nitrogen functional groups attached to an aromatic ring is 1. The number of carbonyl (C=O) groups is 2. The molecular weight excluding hydrogens is 306 g/mol. The third kappa shape index (κ3) is 5.10. The van der Waals surface area contributed by atoms with E-state index >= 15 is 0 Å². The summed E-state index contributed by atoms with van der Waals surface area (Å²) in [5.74, 6) is -0.452. The molecule has 0 bridgehead atoms. The van der Waals surface area contributed by atoms with Crippen molar-refractivity contribution in [2.75, 3.05) is 31.3 Å². The number of carbonyl (C=O) groups excluding carboxylic acids is 2. The lowest BCUT2D eigenvalue weighted by molar-refractivity contribution is -0.115. The summed E-state index contributed by atoms with van der Waals surface area (Å²) in [7, 11) is 1.57. The van der Waals surface area contributed by atoms with E-state index in [1.807, 2.05) is 0 Å². The fourth-order valence-electron chi connectivity index (χ4n) is 2.17. The minimum absolute atomic E-state index is 0.197. The Morgan fingerprint density at radius 2 is 1.79 bits per heavy atom. The molecule has 6 nitrogen and oxygen atoms in total. The smallest absolute Gasteiger partial charge is 0.253 e. The Morgan fingerprint density at radius 3 is 2.50 bits per heavy atom. The number of nitrogens with two attached hydrogens (primary N) is 1. The highest BCUT2D eigenvalue weighted by Gasteiger charge is 2.13. The second kappa shape index (κ2) is 8.69. The number of para-hydroxylation sites is 1. The van der Waals surface area contributed by atoms with E-state index in [1.54, 1.807) is 55.6 Å². The van der Waals surface area contributed by atoms with Gasteiger partial charge in [0.1, 0.15) is 0 Å². The van der Waals surface area contributed by atoms with Crippen LogP contribution in [0, 0.1) is 0 Å². The first-order chi connectivity index (χ1) is 11.6. The predicted octanol–water partition coefficient (Wildman–Crippen LogP) is 1.83. The number of nitrogens with one attached hydrogen (secondary N) is 2. The van der Waals surface area contributed by atoms with Crippen LogP contribution in [-0.4, -0.2) is 32.1 Å². The van der Waals surface area contributed by atoms with Gasteiger partial charge in [-0.2, -0.15) is 0 Å². The van der Waals surface area contributed by atoms with E-state index in [0.29, 0.717) is 30.1 Å². The normalized spacial score (nSPS) is 10.2. The molecular formula is C18H21N3O3. The number of rotatable bonds is 7. The highest BCUT2D eigenvalue weighted by atomic mass is 16.5. The van der Waals surface area contributed by atoms with E-state index in [-0.39, 0.29) is 18.2 Å². The molecule has 0 atom stereocenters. The fourth-order valence-corrected chi connectivity index (χ4v) is 2.17. The van der Waals surface area contributed by atoms with Gasteiger partial charge < -0.3 is 21.1 Å². The van der Waals surface area contributed by atoms with Crippen molar-refractivity contribution in [1.82, 2.24) is 5.32 Å². The minimum atomic E-state index is -0.254. The molecule has 6 heteroatoms. The van der Waals surface area contributed by atoms with Crippen molar-refractivity contribution in [2.24, 2.45) is 0 Å². The molecule has 0 aliphatic carbocycles. The van der Waals surface area contributed by atoms with Crippen molar-refractivity contribution < 1.29 is 14.3 Å². The standard InChI is InChI=1S/C18H21N3O3/c1-24-11-10-20-18(23)15-4-2-3-5-16(15)21-17(22)12-13-6-8-14(19)9-7-13/h2-9H,10-12,19H2,1H3,(H,20,23)(H,21,22). The average molecular weight is 327 g/mol. The topological polar surface area (TPSA) is 93.5 Å². The number of amides is 2. The molecule has 0 aromatic heterocycles. The number of hydrogen-bond acceptors (Lipinski definition) is 4. The molecule has 4 N–H and O–H groups in total. The van der Waals surface area contributed by atoms with Crippen molar-refractivity contribution in [3.05, 3.63) is 59.7 Å². The van der Waals surface area contributed by atoms with Crippen molar-refractivity contribution in [3.63, 3.8) is 0 Å². The molecule has 0 saturated carbocycles. The van der Waals surface area contributed by atoms with Gasteiger partial charge in [-0.1, -0.05) is 24.3 Å². The van der Waals surface area contributed by atoms with Crippen LogP contribution in [0.2, 0.25) is 0 Å². The number of anilines is 2. The molecule has 0 radical (unpaired) electrons. The van der Waals surface area contributed by atoms with Gasteiger partial charge in [0, 0.05) is 19.3 Å². The second-order valence-corrected chi connectivity index (χ2v) is 5.26. The largest absolute Gasteiger partial charge is 0.399 e. The van der Waals surface area contributed by atoms with Crippen molar-refractivity contribution in [2.45, 2.75) is 6.42 Å². The Balaban J connectivity index is 2.02. The van der Waals surface area contributed by atoms with E-state index < -0.39 is 0 Å². The van der Waals surface area contributed by atoms with E-state index in [0.717, 1.165) is 5.56 Å². The maximum Gasteiger partial charge on any atom is 0.253 e. The molecule has 0 fully saturated rings. The summed E-state index contributed by atoms with van der Waals surface area (Å²) in [6, 6.07) is 14.0. The van der Waals surface area contributed by atoms with Gasteiger partial charge in [-0.05, 0) is 29.8 Å². The van der Waals surface area contributed by atoms with Crippen molar-refractivity contribution >= 4 is 23.2 Å². The molecule has 0 heterocycles. The lowest BCUT2D eigenvalue weighted by atomic mass is 10.1. The second-order valence-electron chi connectivity index (χ2n) is 5.26. The zero-order valence-corrected chi connectivity index (χ0v) is 13.5. The number of benzene rings is 2. The summed E-state index contributed by atoms with van der Waals surface area (Å²) in [6.45, 7) is 0.834. The van der Waals surface area contributed by atoms with Crippen molar-refractivity contribution in [3.8, 4) is 0 Å². The van der Waals surface area contributed by atoms with Crippen LogP contribution in [0.1, 0.15) is 15.9 Å². The van der Waals surface area contributed by atoms with Gasteiger partial charge in [0.2, 0.25) is 5.91 Å². The van der Waals surface area contributed by atoms with E-state index in [2.05, 4.69) is 10.6 Å². The van der Waals surface area contributed by atoms with Crippen LogP contribution in [0.15, 0.2) is 48.5 Å². The van der Waals surface area contributed by atoms with Crippen LogP contribution in [0.3, 0.4) is 0 Å². The predicted molar refractivity (Wildman–Crippen MR) is 93.8 cm³/mol. The Labute approximate surface area is 141 Å². The van der Waals surface area contributed by atoms with Gasteiger partial charge in [-0.3, -0.25) is 9.59 Å².